The second-order valence-electron chi connectivity index (χ2n) is 15.0. The molecule has 3 aliphatic heterocycles. The molecule has 2 aromatic heterocycles. The molecule has 3 amide bonds. The smallest absolute Gasteiger partial charge is 0.410 e. The molecule has 5 heterocycles. The van der Waals surface area contributed by atoms with Crippen molar-refractivity contribution < 1.29 is 33.3 Å². The van der Waals surface area contributed by atoms with Gasteiger partial charge in [-0.15, -0.1) is 0 Å². The van der Waals surface area contributed by atoms with Crippen molar-refractivity contribution >= 4 is 64.7 Å². The number of benzene rings is 2. The molecule has 2 saturated heterocycles. The fourth-order valence-corrected chi connectivity index (χ4v) is 7.34. The fraction of sp³-hybridized carbons (Fsp3) is 0.439. The molecule has 2 fully saturated rings. The zero-order chi connectivity index (χ0) is 38.5. The summed E-state index contributed by atoms with van der Waals surface area (Å²) in [6, 6.07) is 15.2. The lowest BCUT2D eigenvalue weighted by Crippen LogP contribution is -2.51. The lowest BCUT2D eigenvalue weighted by atomic mass is 10.0. The lowest BCUT2D eigenvalue weighted by molar-refractivity contribution is -0.136. The summed E-state index contributed by atoms with van der Waals surface area (Å²) in [6.45, 7) is 7.79. The van der Waals surface area contributed by atoms with Gasteiger partial charge in [0.1, 0.15) is 23.3 Å². The van der Waals surface area contributed by atoms with E-state index in [2.05, 4.69) is 68.8 Å². The van der Waals surface area contributed by atoms with Crippen molar-refractivity contribution in [1.29, 1.82) is 0 Å². The summed E-state index contributed by atoms with van der Waals surface area (Å²) in [4.78, 5) is 58.9. The van der Waals surface area contributed by atoms with Crippen molar-refractivity contribution in [2.24, 2.45) is 0 Å². The van der Waals surface area contributed by atoms with Gasteiger partial charge in [0.2, 0.25) is 5.91 Å². The van der Waals surface area contributed by atoms with Gasteiger partial charge >= 0.3 is 12.2 Å². The molecule has 4 aromatic rings. The number of likely N-dealkylation sites (tertiary alicyclic amines) is 1. The number of alkyl carbamates (subject to hydrolysis) is 1. The Morgan fingerprint density at radius 1 is 0.845 bits per heavy atom. The predicted molar refractivity (Wildman–Crippen MR) is 237 cm³/mol. The molecular weight excluding hydrogens is 799 g/mol. The van der Waals surface area contributed by atoms with E-state index < -0.39 is 17.7 Å². The first-order chi connectivity index (χ1) is 26.6. The van der Waals surface area contributed by atoms with E-state index in [0.717, 1.165) is 70.8 Å². The maximum Gasteiger partial charge on any atom is 0.410 e. The van der Waals surface area contributed by atoms with Crippen LogP contribution in [0.15, 0.2) is 60.8 Å². The highest BCUT2D eigenvalue weighted by Gasteiger charge is 2.37. The molecule has 2 aromatic carbocycles. The van der Waals surface area contributed by atoms with Gasteiger partial charge in [0.05, 0.1) is 68.9 Å². The van der Waals surface area contributed by atoms with Gasteiger partial charge in [0.25, 0.3) is 0 Å². The summed E-state index contributed by atoms with van der Waals surface area (Å²) < 4.78 is 21.8. The number of imidazole rings is 2. The van der Waals surface area contributed by atoms with E-state index in [1.54, 1.807) is 9.80 Å². The third kappa shape index (κ3) is 10.8. The number of ether oxygens (including phenoxy) is 4. The van der Waals surface area contributed by atoms with E-state index in [0.29, 0.717) is 32.1 Å². The number of rotatable bonds is 5. The zero-order valence-electron chi connectivity index (χ0n) is 33.3. The average Bonchev–Trinajstić information content (AvgIpc) is 4.00. The Bertz CT molecular complexity index is 2010. The number of aromatic nitrogens is 4. The fourth-order valence-electron chi connectivity index (χ4n) is 7.34. The highest BCUT2D eigenvalue weighted by atomic mass is 32.1. The predicted octanol–water partition coefficient (Wildman–Crippen LogP) is 6.99. The number of carbonyl (C=O) groups is 3. The Morgan fingerprint density at radius 3 is 2.17 bits per heavy atom. The van der Waals surface area contributed by atoms with Crippen molar-refractivity contribution in [1.82, 2.24) is 35.1 Å². The van der Waals surface area contributed by atoms with Crippen LogP contribution in [0.25, 0.3) is 39.7 Å². The Balaban J connectivity index is 0.00000248. The standard InChI is InChI=1S/C41H49N7O7.3H2S/c1-41(2,3)55-40(51)48-20-6-9-33(48)36-42-24-31(44-36)28-15-11-26(12-16-28)27-13-17-29(18-14-27)35-30-8-7-21-53-22-23-54-25-32(45-39(50)52-4)38(49)47-19-5-10-34(47)37(43-30)46-35;;;/h7-8,11-18,24,32-34H,5-6,9-10,19-23,25H2,1-4H3,(H,42,44)(H,43,46)(H,45,50);3*1H2/b8-7-;;;/t32-,33-,34-;;;/m0.../s1. The highest BCUT2D eigenvalue weighted by molar-refractivity contribution is 7.59. The van der Waals surface area contributed by atoms with Crippen LogP contribution < -0.4 is 5.32 Å². The van der Waals surface area contributed by atoms with E-state index in [4.69, 9.17) is 23.9 Å². The van der Waals surface area contributed by atoms with Gasteiger partial charge in [-0.3, -0.25) is 9.69 Å². The molecule has 14 nitrogen and oxygen atoms in total. The lowest BCUT2D eigenvalue weighted by Gasteiger charge is -2.28. The molecule has 314 valence electrons. The number of aromatic amines is 2. The molecule has 0 radical (unpaired) electrons. The van der Waals surface area contributed by atoms with Crippen LogP contribution in [-0.4, -0.2) is 106 Å². The van der Waals surface area contributed by atoms with Gasteiger partial charge in [-0.05, 0) is 69.2 Å². The normalized spacial score (nSPS) is 20.3. The SMILES string of the molecule is COC(=O)N[C@H]1COCCOC/C=C\c2[nH]c(nc2-c2ccc(-c3ccc(-c4cnc([C@@H]5CCCN5C(=O)OC(C)(C)C)[nH]4)cc3)cc2)[C@@H]2CCCN2C1=O.S.S.S. The summed E-state index contributed by atoms with van der Waals surface area (Å²) in [7, 11) is 1.26. The van der Waals surface area contributed by atoms with Crippen molar-refractivity contribution in [3.63, 3.8) is 0 Å². The third-order valence-electron chi connectivity index (χ3n) is 10.0. The molecule has 3 N–H and O–H groups in total. The molecule has 58 heavy (non-hydrogen) atoms. The largest absolute Gasteiger partial charge is 0.453 e. The van der Waals surface area contributed by atoms with Crippen molar-refractivity contribution in [2.45, 2.75) is 70.2 Å². The number of fused-ring (bicyclic) bond motifs is 4. The van der Waals surface area contributed by atoms with Gasteiger partial charge in [0, 0.05) is 18.7 Å². The Kier molecular flexibility index (Phi) is 16.4. The molecule has 2 bridgehead atoms. The molecule has 3 aliphatic rings. The van der Waals surface area contributed by atoms with Gasteiger partial charge in [-0.2, -0.15) is 40.5 Å². The second-order valence-corrected chi connectivity index (χ2v) is 15.0. The Labute approximate surface area is 360 Å². The van der Waals surface area contributed by atoms with Crippen molar-refractivity contribution in [3.05, 3.63) is 78.1 Å². The number of hydrogen-bond donors (Lipinski definition) is 3. The van der Waals surface area contributed by atoms with Crippen LogP contribution in [0.3, 0.4) is 0 Å². The zero-order valence-corrected chi connectivity index (χ0v) is 36.3. The molecular formula is C41H55N7O7S3. The number of carbonyl (C=O) groups excluding carboxylic acids is 3. The maximum atomic E-state index is 13.8. The number of methoxy groups -OCH3 is 1. The van der Waals surface area contributed by atoms with Gasteiger partial charge in [-0.1, -0.05) is 54.6 Å². The summed E-state index contributed by atoms with van der Waals surface area (Å²) in [6.07, 6.45) is 7.98. The van der Waals surface area contributed by atoms with E-state index in [9.17, 15) is 14.4 Å². The quantitative estimate of drug-likeness (QED) is 0.192. The van der Waals surface area contributed by atoms with E-state index in [-0.39, 0.29) is 77.8 Å². The number of amides is 3. The first kappa shape index (κ1) is 46.3. The van der Waals surface area contributed by atoms with Crippen LogP contribution in [0, 0.1) is 0 Å². The molecule has 17 heteroatoms. The Morgan fingerprint density at radius 2 is 1.48 bits per heavy atom. The highest BCUT2D eigenvalue weighted by Crippen LogP contribution is 2.36. The maximum absolute atomic E-state index is 13.8. The average molecular weight is 854 g/mol. The van der Waals surface area contributed by atoms with Crippen molar-refractivity contribution in [3.8, 4) is 33.6 Å². The first-order valence-electron chi connectivity index (χ1n) is 18.9. The number of H-pyrrole nitrogens is 2. The second kappa shape index (κ2) is 20.5. The minimum absolute atomic E-state index is 0. The van der Waals surface area contributed by atoms with Gasteiger partial charge in [-0.25, -0.2) is 19.6 Å². The molecule has 7 rings (SSSR count). The van der Waals surface area contributed by atoms with E-state index in [1.165, 1.54) is 7.11 Å². The third-order valence-corrected chi connectivity index (χ3v) is 10.0. The van der Waals surface area contributed by atoms with Crippen LogP contribution in [0.5, 0.6) is 0 Å². The van der Waals surface area contributed by atoms with Gasteiger partial charge in [0.15, 0.2) is 0 Å². The number of nitrogens with zero attached hydrogens (tertiary/aromatic N) is 4. The molecule has 0 saturated carbocycles. The minimum atomic E-state index is -0.905. The van der Waals surface area contributed by atoms with Crippen LogP contribution in [-0.2, 0) is 23.7 Å². The van der Waals surface area contributed by atoms with E-state index in [1.807, 2.05) is 39.1 Å². The van der Waals surface area contributed by atoms with E-state index >= 15 is 0 Å². The van der Waals surface area contributed by atoms with Gasteiger partial charge < -0.3 is 39.1 Å². The summed E-state index contributed by atoms with van der Waals surface area (Å²) in [5.41, 5.74) is 5.95. The van der Waals surface area contributed by atoms with Crippen LogP contribution in [0.1, 0.15) is 75.9 Å². The molecule has 0 unspecified atom stereocenters. The van der Waals surface area contributed by atoms with Crippen LogP contribution in [0.4, 0.5) is 9.59 Å². The minimum Gasteiger partial charge on any atom is -0.453 e. The molecule has 3 atom stereocenters. The molecule has 0 aliphatic carbocycles. The number of hydrogen-bond acceptors (Lipinski definition) is 9. The summed E-state index contributed by atoms with van der Waals surface area (Å²) >= 11 is 0. The summed E-state index contributed by atoms with van der Waals surface area (Å²) in [5, 5.41) is 2.63. The van der Waals surface area contributed by atoms with Crippen LogP contribution in [0.2, 0.25) is 0 Å². The van der Waals surface area contributed by atoms with Crippen molar-refractivity contribution in [2.75, 3.05) is 46.6 Å². The summed E-state index contributed by atoms with van der Waals surface area (Å²) in [5.74, 6) is 1.19. The topological polar surface area (TPSA) is 164 Å². The number of nitrogens with one attached hydrogen (secondary N) is 3. The monoisotopic (exact) mass is 853 g/mol. The Hall–Kier alpha value is -4.42. The molecule has 0 spiro atoms. The first-order valence-corrected chi connectivity index (χ1v) is 18.9. The van der Waals surface area contributed by atoms with Crippen LogP contribution >= 0.6 is 40.5 Å².